The summed E-state index contributed by atoms with van der Waals surface area (Å²) in [7, 11) is 0. The summed E-state index contributed by atoms with van der Waals surface area (Å²) < 4.78 is 43.5. The molecule has 1 unspecified atom stereocenters. The molecule has 0 aliphatic rings. The van der Waals surface area contributed by atoms with E-state index in [-0.39, 0.29) is 5.69 Å². The van der Waals surface area contributed by atoms with E-state index >= 15 is 0 Å². The summed E-state index contributed by atoms with van der Waals surface area (Å²) in [5.41, 5.74) is -2.08. The lowest BCUT2D eigenvalue weighted by atomic mass is 10.1. The Bertz CT molecular complexity index is 580. The summed E-state index contributed by atoms with van der Waals surface area (Å²) in [6.45, 7) is 6.29. The zero-order chi connectivity index (χ0) is 17.8. The molecule has 0 aromatic heterocycles. The van der Waals surface area contributed by atoms with Gasteiger partial charge in [-0.1, -0.05) is 12.1 Å². The Kier molecular flexibility index (Phi) is 5.63. The quantitative estimate of drug-likeness (QED) is 0.889. The van der Waals surface area contributed by atoms with Crippen molar-refractivity contribution in [2.75, 3.05) is 5.32 Å². The molecule has 2 amide bonds. The first-order chi connectivity index (χ1) is 10.4. The van der Waals surface area contributed by atoms with Crippen LogP contribution < -0.4 is 10.6 Å². The highest BCUT2D eigenvalue weighted by Gasteiger charge is 2.34. The Morgan fingerprint density at radius 1 is 1.13 bits per heavy atom. The monoisotopic (exact) mass is 332 g/mol. The van der Waals surface area contributed by atoms with E-state index < -0.39 is 35.4 Å². The maximum atomic E-state index is 12.9. The number of alkyl halides is 3. The maximum Gasteiger partial charge on any atom is 0.418 e. The minimum Gasteiger partial charge on any atom is -0.444 e. The molecule has 1 atom stereocenters. The van der Waals surface area contributed by atoms with Crippen LogP contribution in [0, 0.1) is 0 Å². The van der Waals surface area contributed by atoms with Crippen LogP contribution in [0.2, 0.25) is 0 Å². The lowest BCUT2D eigenvalue weighted by Crippen LogP contribution is -2.44. The molecule has 23 heavy (non-hydrogen) atoms. The van der Waals surface area contributed by atoms with Gasteiger partial charge in [-0.15, -0.1) is 0 Å². The number of nitrogens with one attached hydrogen (secondary N) is 2. The van der Waals surface area contributed by atoms with Crippen LogP contribution in [-0.2, 0) is 15.7 Å². The number of hydrogen-bond donors (Lipinski definition) is 2. The Morgan fingerprint density at radius 2 is 1.70 bits per heavy atom. The van der Waals surface area contributed by atoms with Crippen molar-refractivity contribution in [1.29, 1.82) is 0 Å². The van der Waals surface area contributed by atoms with E-state index in [0.29, 0.717) is 0 Å². The van der Waals surface area contributed by atoms with Crippen LogP contribution in [0.15, 0.2) is 24.3 Å². The van der Waals surface area contributed by atoms with Crippen molar-refractivity contribution in [1.82, 2.24) is 5.32 Å². The molecule has 0 saturated carbocycles. The largest absolute Gasteiger partial charge is 0.444 e. The molecule has 1 rings (SSSR count). The first kappa shape index (κ1) is 18.8. The van der Waals surface area contributed by atoms with E-state index in [1.54, 1.807) is 20.8 Å². The summed E-state index contributed by atoms with van der Waals surface area (Å²) in [6.07, 6.45) is -5.42. The van der Waals surface area contributed by atoms with Gasteiger partial charge in [-0.2, -0.15) is 13.2 Å². The number of carbonyl (C=O) groups is 2. The van der Waals surface area contributed by atoms with Crippen molar-refractivity contribution in [2.45, 2.75) is 45.5 Å². The third kappa shape index (κ3) is 6.17. The fourth-order valence-corrected chi connectivity index (χ4v) is 1.63. The van der Waals surface area contributed by atoms with E-state index in [1.807, 2.05) is 0 Å². The SMILES string of the molecule is CC(NC(=O)OC(C)(C)C)C(=O)Nc1ccccc1C(F)(F)F. The van der Waals surface area contributed by atoms with Gasteiger partial charge >= 0.3 is 12.3 Å². The summed E-state index contributed by atoms with van der Waals surface area (Å²) in [4.78, 5) is 23.5. The minimum atomic E-state index is -4.59. The van der Waals surface area contributed by atoms with Crippen molar-refractivity contribution in [2.24, 2.45) is 0 Å². The molecule has 0 spiro atoms. The number of benzene rings is 1. The number of amides is 2. The fourth-order valence-electron chi connectivity index (χ4n) is 1.63. The Balaban J connectivity index is 2.75. The van der Waals surface area contributed by atoms with Gasteiger partial charge in [0.05, 0.1) is 11.3 Å². The molecule has 0 aliphatic heterocycles. The molecule has 0 bridgehead atoms. The van der Waals surface area contributed by atoms with Crippen LogP contribution in [0.5, 0.6) is 0 Å². The number of anilines is 1. The summed E-state index contributed by atoms with van der Waals surface area (Å²) in [5.74, 6) is -0.785. The third-order valence-electron chi connectivity index (χ3n) is 2.62. The van der Waals surface area contributed by atoms with Crippen LogP contribution in [0.4, 0.5) is 23.7 Å². The average Bonchev–Trinajstić information content (AvgIpc) is 2.35. The van der Waals surface area contributed by atoms with Gasteiger partial charge in [0.1, 0.15) is 11.6 Å². The molecule has 1 aromatic rings. The molecule has 0 fully saturated rings. The van der Waals surface area contributed by atoms with Gasteiger partial charge in [0.2, 0.25) is 5.91 Å². The van der Waals surface area contributed by atoms with E-state index in [9.17, 15) is 22.8 Å². The number of hydrogen-bond acceptors (Lipinski definition) is 3. The van der Waals surface area contributed by atoms with Gasteiger partial charge in [0.15, 0.2) is 0 Å². The Hall–Kier alpha value is -2.25. The highest BCUT2D eigenvalue weighted by molar-refractivity contribution is 5.96. The number of ether oxygens (including phenoxy) is 1. The number of rotatable bonds is 3. The van der Waals surface area contributed by atoms with Crippen LogP contribution in [0.3, 0.4) is 0 Å². The highest BCUT2D eigenvalue weighted by atomic mass is 19.4. The van der Waals surface area contributed by atoms with Crippen molar-refractivity contribution in [3.8, 4) is 0 Å². The van der Waals surface area contributed by atoms with Crippen LogP contribution >= 0.6 is 0 Å². The molecule has 0 heterocycles. The molecule has 2 N–H and O–H groups in total. The molecule has 5 nitrogen and oxygen atoms in total. The second-order valence-corrected chi connectivity index (χ2v) is 5.90. The van der Waals surface area contributed by atoms with Gasteiger partial charge in [0.25, 0.3) is 0 Å². The first-order valence-corrected chi connectivity index (χ1v) is 6.87. The van der Waals surface area contributed by atoms with Gasteiger partial charge in [-0.05, 0) is 39.8 Å². The molecular weight excluding hydrogens is 313 g/mol. The van der Waals surface area contributed by atoms with Gasteiger partial charge in [-0.25, -0.2) is 4.79 Å². The van der Waals surface area contributed by atoms with Crippen LogP contribution in [-0.4, -0.2) is 23.6 Å². The van der Waals surface area contributed by atoms with Crippen molar-refractivity contribution < 1.29 is 27.5 Å². The Labute approximate surface area is 132 Å². The molecule has 128 valence electrons. The molecule has 1 aromatic carbocycles. The molecule has 0 aliphatic carbocycles. The molecular formula is C15H19F3N2O3. The van der Waals surface area contributed by atoms with Crippen molar-refractivity contribution in [3.05, 3.63) is 29.8 Å². The topological polar surface area (TPSA) is 67.4 Å². The molecule has 8 heteroatoms. The van der Waals surface area contributed by atoms with E-state index in [4.69, 9.17) is 4.74 Å². The number of halogens is 3. The lowest BCUT2D eigenvalue weighted by molar-refractivity contribution is -0.137. The van der Waals surface area contributed by atoms with Crippen LogP contribution in [0.25, 0.3) is 0 Å². The molecule has 0 saturated heterocycles. The molecule has 0 radical (unpaired) electrons. The van der Waals surface area contributed by atoms with Gasteiger partial charge in [-0.3, -0.25) is 4.79 Å². The predicted octanol–water partition coefficient (Wildman–Crippen LogP) is 3.56. The smallest absolute Gasteiger partial charge is 0.418 e. The van der Waals surface area contributed by atoms with Crippen LogP contribution in [0.1, 0.15) is 33.3 Å². The van der Waals surface area contributed by atoms with Gasteiger partial charge in [0, 0.05) is 0 Å². The zero-order valence-corrected chi connectivity index (χ0v) is 13.2. The first-order valence-electron chi connectivity index (χ1n) is 6.87. The van der Waals surface area contributed by atoms with Crippen molar-refractivity contribution in [3.63, 3.8) is 0 Å². The van der Waals surface area contributed by atoms with E-state index in [0.717, 1.165) is 12.1 Å². The fraction of sp³-hybridized carbons (Fsp3) is 0.467. The second kappa shape index (κ2) is 6.89. The number of alkyl carbamates (subject to hydrolysis) is 1. The van der Waals surface area contributed by atoms with Crippen molar-refractivity contribution >= 4 is 17.7 Å². The summed E-state index contributed by atoms with van der Waals surface area (Å²) >= 11 is 0. The summed E-state index contributed by atoms with van der Waals surface area (Å²) in [5, 5.41) is 4.42. The standard InChI is InChI=1S/C15H19F3N2O3/c1-9(19-13(22)23-14(2,3)4)12(21)20-11-8-6-5-7-10(11)15(16,17)18/h5-9H,1-4H3,(H,19,22)(H,20,21). The van der Waals surface area contributed by atoms with E-state index in [2.05, 4.69) is 10.6 Å². The lowest BCUT2D eigenvalue weighted by Gasteiger charge is -2.22. The Morgan fingerprint density at radius 3 is 2.22 bits per heavy atom. The predicted molar refractivity (Wildman–Crippen MR) is 78.9 cm³/mol. The summed E-state index contributed by atoms with van der Waals surface area (Å²) in [6, 6.07) is 3.53. The highest BCUT2D eigenvalue weighted by Crippen LogP contribution is 2.34. The number of para-hydroxylation sites is 1. The van der Waals surface area contributed by atoms with Gasteiger partial charge < -0.3 is 15.4 Å². The average molecular weight is 332 g/mol. The second-order valence-electron chi connectivity index (χ2n) is 5.90. The van der Waals surface area contributed by atoms with E-state index in [1.165, 1.54) is 19.1 Å². The minimum absolute atomic E-state index is 0.372. The number of carbonyl (C=O) groups excluding carboxylic acids is 2. The maximum absolute atomic E-state index is 12.9. The zero-order valence-electron chi connectivity index (χ0n) is 13.2. The normalized spacial score (nSPS) is 13.2. The third-order valence-corrected chi connectivity index (χ3v) is 2.62.